The Balaban J connectivity index is 2.06. The molecule has 0 aliphatic rings. The second kappa shape index (κ2) is 8.15. The molecule has 2 amide bonds. The van der Waals surface area contributed by atoms with Gasteiger partial charge in [0.1, 0.15) is 5.75 Å². The Bertz CT molecular complexity index is 694. The molecule has 2 aromatic carbocycles. The molecule has 0 bridgehead atoms. The predicted molar refractivity (Wildman–Crippen MR) is 94.2 cm³/mol. The van der Waals surface area contributed by atoms with E-state index in [1.165, 1.54) is 6.92 Å². The minimum absolute atomic E-state index is 0.0709. The zero-order valence-electron chi connectivity index (χ0n) is 14.1. The zero-order chi connectivity index (χ0) is 17.5. The van der Waals surface area contributed by atoms with Gasteiger partial charge in [0.05, 0.1) is 13.2 Å². The molecule has 0 saturated carbocycles. The van der Waals surface area contributed by atoms with Crippen LogP contribution in [0.3, 0.4) is 0 Å². The van der Waals surface area contributed by atoms with Gasteiger partial charge in [-0.25, -0.2) is 0 Å². The van der Waals surface area contributed by atoms with E-state index in [0.717, 1.165) is 17.7 Å². The van der Waals surface area contributed by atoms with E-state index in [9.17, 15) is 9.59 Å². The SMILES string of the molecule is CCC(NC(=O)c1ccc(NC(C)=O)cc1)c1ccc(OC)cc1. The van der Waals surface area contributed by atoms with E-state index in [1.54, 1.807) is 31.4 Å². The van der Waals surface area contributed by atoms with E-state index >= 15 is 0 Å². The summed E-state index contributed by atoms with van der Waals surface area (Å²) in [6, 6.07) is 14.4. The maximum absolute atomic E-state index is 12.4. The van der Waals surface area contributed by atoms with Gasteiger partial charge in [0.15, 0.2) is 0 Å². The van der Waals surface area contributed by atoms with Crippen LogP contribution in [0.5, 0.6) is 5.75 Å². The Morgan fingerprint density at radius 1 is 1.04 bits per heavy atom. The number of amides is 2. The van der Waals surface area contributed by atoms with Crippen LogP contribution in [0, 0.1) is 0 Å². The quantitative estimate of drug-likeness (QED) is 0.853. The molecule has 0 saturated heterocycles. The first-order valence-corrected chi connectivity index (χ1v) is 7.86. The Morgan fingerprint density at radius 3 is 2.17 bits per heavy atom. The van der Waals surface area contributed by atoms with Gasteiger partial charge in [-0.05, 0) is 48.4 Å². The third-order valence-electron chi connectivity index (χ3n) is 3.70. The van der Waals surface area contributed by atoms with Crippen LogP contribution in [0.2, 0.25) is 0 Å². The molecule has 2 aromatic rings. The highest BCUT2D eigenvalue weighted by Gasteiger charge is 2.14. The van der Waals surface area contributed by atoms with Crippen LogP contribution in [-0.4, -0.2) is 18.9 Å². The third-order valence-corrected chi connectivity index (χ3v) is 3.70. The van der Waals surface area contributed by atoms with Crippen molar-refractivity contribution in [1.29, 1.82) is 0 Å². The van der Waals surface area contributed by atoms with Crippen molar-refractivity contribution < 1.29 is 14.3 Å². The number of hydrogen-bond donors (Lipinski definition) is 2. The Hall–Kier alpha value is -2.82. The first kappa shape index (κ1) is 17.5. The molecule has 126 valence electrons. The van der Waals surface area contributed by atoms with E-state index in [-0.39, 0.29) is 17.9 Å². The Labute approximate surface area is 142 Å². The summed E-state index contributed by atoms with van der Waals surface area (Å²) in [5.41, 5.74) is 2.25. The van der Waals surface area contributed by atoms with Gasteiger partial charge in [-0.15, -0.1) is 0 Å². The van der Waals surface area contributed by atoms with Crippen LogP contribution < -0.4 is 15.4 Å². The van der Waals surface area contributed by atoms with Crippen LogP contribution in [0.1, 0.15) is 42.2 Å². The Kier molecular flexibility index (Phi) is 5.95. The normalized spacial score (nSPS) is 11.5. The van der Waals surface area contributed by atoms with Crippen molar-refractivity contribution in [2.75, 3.05) is 12.4 Å². The summed E-state index contributed by atoms with van der Waals surface area (Å²) in [6.07, 6.45) is 0.780. The highest BCUT2D eigenvalue weighted by Crippen LogP contribution is 2.21. The van der Waals surface area contributed by atoms with Gasteiger partial charge in [0.2, 0.25) is 5.91 Å². The smallest absolute Gasteiger partial charge is 0.251 e. The number of nitrogens with one attached hydrogen (secondary N) is 2. The van der Waals surface area contributed by atoms with Crippen molar-refractivity contribution >= 4 is 17.5 Å². The largest absolute Gasteiger partial charge is 0.497 e. The van der Waals surface area contributed by atoms with E-state index in [0.29, 0.717) is 11.3 Å². The average Bonchev–Trinajstić information content (AvgIpc) is 2.59. The fourth-order valence-electron chi connectivity index (χ4n) is 2.41. The maximum Gasteiger partial charge on any atom is 0.251 e. The van der Waals surface area contributed by atoms with E-state index in [4.69, 9.17) is 4.74 Å². The molecule has 2 rings (SSSR count). The molecule has 1 unspecified atom stereocenters. The number of carbonyl (C=O) groups is 2. The second-order valence-corrected chi connectivity index (χ2v) is 5.47. The summed E-state index contributed by atoms with van der Waals surface area (Å²) in [7, 11) is 1.62. The average molecular weight is 326 g/mol. The van der Waals surface area contributed by atoms with Crippen molar-refractivity contribution in [2.24, 2.45) is 0 Å². The number of hydrogen-bond acceptors (Lipinski definition) is 3. The number of rotatable bonds is 6. The van der Waals surface area contributed by atoms with Crippen molar-refractivity contribution in [3.05, 3.63) is 59.7 Å². The maximum atomic E-state index is 12.4. The van der Waals surface area contributed by atoms with Crippen molar-refractivity contribution in [3.63, 3.8) is 0 Å². The first-order chi connectivity index (χ1) is 11.5. The van der Waals surface area contributed by atoms with Crippen LogP contribution in [0.15, 0.2) is 48.5 Å². The summed E-state index contributed by atoms with van der Waals surface area (Å²) < 4.78 is 5.15. The number of benzene rings is 2. The molecule has 2 N–H and O–H groups in total. The van der Waals surface area contributed by atoms with Crippen LogP contribution in [0.4, 0.5) is 5.69 Å². The summed E-state index contributed by atoms with van der Waals surface area (Å²) in [4.78, 5) is 23.4. The molecular formula is C19H22N2O3. The topological polar surface area (TPSA) is 67.4 Å². The summed E-state index contributed by atoms with van der Waals surface area (Å²) in [5.74, 6) is 0.498. The number of anilines is 1. The van der Waals surface area contributed by atoms with Crippen molar-refractivity contribution in [3.8, 4) is 5.75 Å². The molecule has 0 aromatic heterocycles. The highest BCUT2D eigenvalue weighted by molar-refractivity contribution is 5.95. The van der Waals surface area contributed by atoms with Crippen molar-refractivity contribution in [1.82, 2.24) is 5.32 Å². The second-order valence-electron chi connectivity index (χ2n) is 5.47. The predicted octanol–water partition coefficient (Wildman–Crippen LogP) is 3.53. The minimum atomic E-state index is -0.146. The third kappa shape index (κ3) is 4.59. The molecule has 0 fully saturated rings. The molecule has 0 radical (unpaired) electrons. The highest BCUT2D eigenvalue weighted by atomic mass is 16.5. The molecular weight excluding hydrogens is 304 g/mol. The zero-order valence-corrected chi connectivity index (χ0v) is 14.1. The lowest BCUT2D eigenvalue weighted by Gasteiger charge is -2.18. The molecule has 5 heteroatoms. The summed E-state index contributed by atoms with van der Waals surface area (Å²) >= 11 is 0. The number of ether oxygens (including phenoxy) is 1. The van der Waals surface area contributed by atoms with Crippen molar-refractivity contribution in [2.45, 2.75) is 26.3 Å². The van der Waals surface area contributed by atoms with Gasteiger partial charge in [-0.1, -0.05) is 19.1 Å². The molecule has 0 spiro atoms. The minimum Gasteiger partial charge on any atom is -0.497 e. The van der Waals surface area contributed by atoms with Gasteiger partial charge in [-0.3, -0.25) is 9.59 Å². The van der Waals surface area contributed by atoms with Gasteiger partial charge in [0.25, 0.3) is 5.91 Å². The monoisotopic (exact) mass is 326 g/mol. The fraction of sp³-hybridized carbons (Fsp3) is 0.263. The number of methoxy groups -OCH3 is 1. The van der Waals surface area contributed by atoms with Gasteiger partial charge < -0.3 is 15.4 Å². The van der Waals surface area contributed by atoms with Crippen LogP contribution in [0.25, 0.3) is 0 Å². The summed E-state index contributed by atoms with van der Waals surface area (Å²) in [6.45, 7) is 3.47. The standard InChI is InChI=1S/C19H22N2O3/c1-4-18(14-7-11-17(24-3)12-8-14)21-19(23)15-5-9-16(10-6-15)20-13(2)22/h5-12,18H,4H2,1-3H3,(H,20,22)(H,21,23). The molecule has 0 heterocycles. The molecule has 1 atom stereocenters. The van der Waals surface area contributed by atoms with Gasteiger partial charge >= 0.3 is 0 Å². The molecule has 0 aliphatic heterocycles. The van der Waals surface area contributed by atoms with E-state index in [1.807, 2.05) is 31.2 Å². The van der Waals surface area contributed by atoms with E-state index in [2.05, 4.69) is 10.6 Å². The molecule has 0 aliphatic carbocycles. The summed E-state index contributed by atoms with van der Waals surface area (Å²) in [5, 5.41) is 5.71. The van der Waals surface area contributed by atoms with Crippen LogP contribution >= 0.6 is 0 Å². The number of carbonyl (C=O) groups excluding carboxylic acids is 2. The van der Waals surface area contributed by atoms with Gasteiger partial charge in [0, 0.05) is 18.2 Å². The lowest BCUT2D eigenvalue weighted by atomic mass is 10.0. The van der Waals surface area contributed by atoms with Gasteiger partial charge in [-0.2, -0.15) is 0 Å². The fourth-order valence-corrected chi connectivity index (χ4v) is 2.41. The first-order valence-electron chi connectivity index (χ1n) is 7.86. The Morgan fingerprint density at radius 2 is 1.67 bits per heavy atom. The molecule has 24 heavy (non-hydrogen) atoms. The lowest BCUT2D eigenvalue weighted by molar-refractivity contribution is -0.114. The van der Waals surface area contributed by atoms with E-state index < -0.39 is 0 Å². The molecule has 5 nitrogen and oxygen atoms in total. The lowest BCUT2D eigenvalue weighted by Crippen LogP contribution is -2.28. The van der Waals surface area contributed by atoms with Crippen LogP contribution in [-0.2, 0) is 4.79 Å².